The van der Waals surface area contributed by atoms with E-state index in [4.69, 9.17) is 9.15 Å². The Kier molecular flexibility index (Phi) is 6.25. The van der Waals surface area contributed by atoms with Crippen LogP contribution in [0.4, 0.5) is 5.69 Å². The zero-order valence-electron chi connectivity index (χ0n) is 16.4. The first-order valence-corrected chi connectivity index (χ1v) is 11.1. The van der Waals surface area contributed by atoms with Crippen LogP contribution in [-0.4, -0.2) is 17.9 Å². The molecule has 0 aliphatic heterocycles. The molecular weight excluding hydrogens is 526 g/mol. The number of aliphatic imine (C=N–C) groups is 1. The molecule has 0 atom stereocenters. The molecule has 31 heavy (non-hydrogen) atoms. The van der Waals surface area contributed by atoms with Crippen molar-refractivity contribution in [3.05, 3.63) is 85.6 Å². The van der Waals surface area contributed by atoms with Gasteiger partial charge in [0.25, 0.3) is 0 Å². The number of phenolic OH excluding ortho intramolecular Hbond substituents is 1. The first kappa shape index (κ1) is 21.3. The molecule has 0 fully saturated rings. The van der Waals surface area contributed by atoms with Gasteiger partial charge in [-0.15, -0.1) is 0 Å². The van der Waals surface area contributed by atoms with Crippen LogP contribution in [-0.2, 0) is 0 Å². The normalized spacial score (nSPS) is 11.3. The second-order valence-corrected chi connectivity index (χ2v) is 8.30. The van der Waals surface area contributed by atoms with Gasteiger partial charge in [0.15, 0.2) is 11.5 Å². The third kappa shape index (κ3) is 4.43. The van der Waals surface area contributed by atoms with Gasteiger partial charge in [0, 0.05) is 20.5 Å². The van der Waals surface area contributed by atoms with E-state index in [0.717, 1.165) is 15.4 Å². The van der Waals surface area contributed by atoms with Crippen molar-refractivity contribution in [3.63, 3.8) is 0 Å². The lowest BCUT2D eigenvalue weighted by Gasteiger charge is -2.11. The lowest BCUT2D eigenvalue weighted by atomic mass is 10.1. The fourth-order valence-electron chi connectivity index (χ4n) is 3.12. The Morgan fingerprint density at radius 3 is 2.58 bits per heavy atom. The fraction of sp³-hybridized carbons (Fsp3) is 0.0833. The molecular formula is C24H17Br2NO4. The van der Waals surface area contributed by atoms with Crippen molar-refractivity contribution in [1.82, 2.24) is 0 Å². The maximum Gasteiger partial charge on any atom is 0.344 e. The highest BCUT2D eigenvalue weighted by Gasteiger charge is 2.15. The average Bonchev–Trinajstić information content (AvgIpc) is 2.77. The van der Waals surface area contributed by atoms with Gasteiger partial charge >= 0.3 is 5.63 Å². The summed E-state index contributed by atoms with van der Waals surface area (Å²) in [5, 5.41) is 11.4. The van der Waals surface area contributed by atoms with Crippen molar-refractivity contribution in [3.8, 4) is 22.6 Å². The van der Waals surface area contributed by atoms with Crippen LogP contribution >= 0.6 is 31.9 Å². The Morgan fingerprint density at radius 1 is 1.10 bits per heavy atom. The lowest BCUT2D eigenvalue weighted by Crippen LogP contribution is -2.02. The zero-order chi connectivity index (χ0) is 22.0. The number of nitrogens with zero attached hydrogens (tertiary/aromatic N) is 1. The molecule has 4 aromatic rings. The topological polar surface area (TPSA) is 72.0 Å². The van der Waals surface area contributed by atoms with E-state index in [1.165, 1.54) is 0 Å². The first-order chi connectivity index (χ1) is 15.0. The Balaban J connectivity index is 1.65. The second-order valence-electron chi connectivity index (χ2n) is 6.66. The maximum atomic E-state index is 12.4. The summed E-state index contributed by atoms with van der Waals surface area (Å²) in [5.74, 6) is 0.378. The van der Waals surface area contributed by atoms with Crippen LogP contribution in [0.5, 0.6) is 11.5 Å². The van der Waals surface area contributed by atoms with Gasteiger partial charge in [-0.05, 0) is 74.7 Å². The van der Waals surface area contributed by atoms with Crippen LogP contribution < -0.4 is 10.4 Å². The molecule has 0 saturated carbocycles. The third-order valence-corrected chi connectivity index (χ3v) is 6.67. The summed E-state index contributed by atoms with van der Waals surface area (Å²) in [6, 6.07) is 18.1. The molecule has 0 aliphatic rings. The molecule has 0 aliphatic carbocycles. The van der Waals surface area contributed by atoms with Crippen molar-refractivity contribution < 1.29 is 14.3 Å². The third-order valence-electron chi connectivity index (χ3n) is 4.65. The number of fused-ring (bicyclic) bond motifs is 1. The number of aromatic hydroxyl groups is 1. The molecule has 156 valence electrons. The van der Waals surface area contributed by atoms with Crippen LogP contribution in [0.15, 0.2) is 83.8 Å². The molecule has 1 aromatic heterocycles. The van der Waals surface area contributed by atoms with E-state index in [1.807, 2.05) is 43.3 Å². The van der Waals surface area contributed by atoms with Gasteiger partial charge in [-0.2, -0.15) is 0 Å². The van der Waals surface area contributed by atoms with Gasteiger partial charge in [0.05, 0.1) is 23.4 Å². The van der Waals surface area contributed by atoms with Crippen molar-refractivity contribution >= 4 is 54.7 Å². The van der Waals surface area contributed by atoms with Gasteiger partial charge in [-0.3, -0.25) is 4.99 Å². The Hall–Kier alpha value is -2.90. The number of para-hydroxylation sites is 1. The van der Waals surface area contributed by atoms with Crippen LogP contribution in [0.25, 0.3) is 22.1 Å². The highest BCUT2D eigenvalue weighted by atomic mass is 79.9. The molecule has 0 radical (unpaired) electrons. The van der Waals surface area contributed by atoms with E-state index in [0.29, 0.717) is 39.2 Å². The minimum absolute atomic E-state index is 0.00562. The summed E-state index contributed by atoms with van der Waals surface area (Å²) in [6.45, 7) is 2.28. The van der Waals surface area contributed by atoms with Crippen molar-refractivity contribution in [2.75, 3.05) is 6.61 Å². The Labute approximate surface area is 195 Å². The standard InChI is InChI=1S/C24H17Br2NO4/c1-2-30-21-12-19(25)22(26)18(23(21)28)13-27-16-9-7-14(8-10-16)17-11-15-5-3-4-6-20(15)31-24(17)29/h3-13,28H,2H2,1H3. The largest absolute Gasteiger partial charge is 0.504 e. The Bertz CT molecular complexity index is 1340. The number of rotatable bonds is 5. The number of hydrogen-bond donors (Lipinski definition) is 1. The van der Waals surface area contributed by atoms with Crippen molar-refractivity contribution in [1.29, 1.82) is 0 Å². The van der Waals surface area contributed by atoms with E-state index in [9.17, 15) is 9.90 Å². The molecule has 0 bridgehead atoms. The summed E-state index contributed by atoms with van der Waals surface area (Å²) in [7, 11) is 0. The molecule has 0 unspecified atom stereocenters. The zero-order valence-corrected chi connectivity index (χ0v) is 19.6. The van der Waals surface area contributed by atoms with Gasteiger partial charge < -0.3 is 14.3 Å². The molecule has 5 nitrogen and oxygen atoms in total. The second kappa shape index (κ2) is 9.08. The van der Waals surface area contributed by atoms with Crippen molar-refractivity contribution in [2.45, 2.75) is 6.92 Å². The quantitative estimate of drug-likeness (QED) is 0.221. The maximum absolute atomic E-state index is 12.4. The van der Waals surface area contributed by atoms with Gasteiger partial charge in [-0.1, -0.05) is 30.3 Å². The SMILES string of the molecule is CCOc1cc(Br)c(Br)c(C=Nc2ccc(-c3cc4ccccc4oc3=O)cc2)c1O. The minimum atomic E-state index is -0.388. The molecule has 0 saturated heterocycles. The predicted octanol–water partition coefficient (Wildman–Crippen LogP) is 6.84. The van der Waals surface area contributed by atoms with E-state index in [1.54, 1.807) is 30.5 Å². The summed E-state index contributed by atoms with van der Waals surface area (Å²) >= 11 is 6.91. The van der Waals surface area contributed by atoms with E-state index < -0.39 is 0 Å². The molecule has 3 aromatic carbocycles. The van der Waals surface area contributed by atoms with Crippen LogP contribution in [0.1, 0.15) is 12.5 Å². The Morgan fingerprint density at radius 2 is 1.84 bits per heavy atom. The molecule has 1 heterocycles. The summed E-state index contributed by atoms with van der Waals surface area (Å²) < 4.78 is 12.3. The minimum Gasteiger partial charge on any atom is -0.504 e. The van der Waals surface area contributed by atoms with E-state index in [2.05, 4.69) is 36.9 Å². The van der Waals surface area contributed by atoms with Crippen molar-refractivity contribution in [2.24, 2.45) is 4.99 Å². The monoisotopic (exact) mass is 541 g/mol. The highest BCUT2D eigenvalue weighted by molar-refractivity contribution is 9.13. The fourth-order valence-corrected chi connectivity index (χ4v) is 3.95. The van der Waals surface area contributed by atoms with Gasteiger partial charge in [0.1, 0.15) is 5.58 Å². The summed E-state index contributed by atoms with van der Waals surface area (Å²) in [4.78, 5) is 16.8. The van der Waals surface area contributed by atoms with Crippen LogP contribution in [0.3, 0.4) is 0 Å². The van der Waals surface area contributed by atoms with E-state index >= 15 is 0 Å². The molecule has 0 amide bonds. The molecule has 0 spiro atoms. The summed E-state index contributed by atoms with van der Waals surface area (Å²) in [5.41, 5.74) is 2.56. The number of phenols is 1. The molecule has 7 heteroatoms. The predicted molar refractivity (Wildman–Crippen MR) is 130 cm³/mol. The molecule has 1 N–H and O–H groups in total. The summed E-state index contributed by atoms with van der Waals surface area (Å²) in [6.07, 6.45) is 1.56. The number of benzene rings is 3. The average molecular weight is 543 g/mol. The lowest BCUT2D eigenvalue weighted by molar-refractivity contribution is 0.317. The number of ether oxygens (including phenoxy) is 1. The smallest absolute Gasteiger partial charge is 0.344 e. The van der Waals surface area contributed by atoms with E-state index in [-0.39, 0.29) is 11.4 Å². The highest BCUT2D eigenvalue weighted by Crippen LogP contribution is 2.40. The van der Waals surface area contributed by atoms with Crippen LogP contribution in [0.2, 0.25) is 0 Å². The number of hydrogen-bond acceptors (Lipinski definition) is 5. The van der Waals surface area contributed by atoms with Crippen LogP contribution in [0, 0.1) is 0 Å². The van der Waals surface area contributed by atoms with Gasteiger partial charge in [-0.25, -0.2) is 4.79 Å². The van der Waals surface area contributed by atoms with Gasteiger partial charge in [0.2, 0.25) is 0 Å². The first-order valence-electron chi connectivity index (χ1n) is 9.49. The number of halogens is 2. The molecule has 4 rings (SSSR count).